The van der Waals surface area contributed by atoms with Crippen molar-refractivity contribution in [3.05, 3.63) is 0 Å². The molecule has 1 fully saturated rings. The van der Waals surface area contributed by atoms with Crippen LogP contribution >= 0.6 is 0 Å². The van der Waals surface area contributed by atoms with E-state index in [9.17, 15) is 4.79 Å². The number of hydrogen-bond donors (Lipinski definition) is 0. The molecule has 0 saturated carbocycles. The normalized spacial score (nSPS) is 21.4. The first kappa shape index (κ1) is 7.79. The molecule has 2 nitrogen and oxygen atoms in total. The van der Waals surface area contributed by atoms with Gasteiger partial charge in [-0.1, -0.05) is 13.3 Å². The molecule has 1 heterocycles. The highest BCUT2D eigenvalue weighted by Gasteiger charge is 2.39. The zero-order chi connectivity index (χ0) is 7.61. The molecule has 0 aromatic rings. The molecule has 0 aliphatic carbocycles. The molecule has 3 heteroatoms. The van der Waals surface area contributed by atoms with Gasteiger partial charge in [0.1, 0.15) is 0 Å². The van der Waals surface area contributed by atoms with Crippen molar-refractivity contribution in [2.45, 2.75) is 38.4 Å². The fourth-order valence-corrected chi connectivity index (χ4v) is 3.37. The van der Waals surface area contributed by atoms with Crippen molar-refractivity contribution in [2.75, 3.05) is 0 Å². The first-order valence-corrected chi connectivity index (χ1v) is 6.70. The van der Waals surface area contributed by atoms with E-state index in [1.54, 1.807) is 0 Å². The third-order valence-corrected chi connectivity index (χ3v) is 5.60. The van der Waals surface area contributed by atoms with Crippen molar-refractivity contribution >= 4 is 14.3 Å². The van der Waals surface area contributed by atoms with Crippen LogP contribution in [-0.2, 0) is 9.22 Å². The molecule has 58 valence electrons. The van der Waals surface area contributed by atoms with E-state index >= 15 is 0 Å². The topological polar surface area (TPSA) is 26.3 Å². The summed E-state index contributed by atoms with van der Waals surface area (Å²) in [4.78, 5) is 10.8. The second-order valence-corrected chi connectivity index (χ2v) is 7.24. The van der Waals surface area contributed by atoms with Crippen LogP contribution in [-0.4, -0.2) is 14.3 Å². The molecule has 0 bridgehead atoms. The standard InChI is InChI=1S/C7H14O2Si/c1-3-7(8)9-10(2)5-4-6-10/h3-6H2,1-2H3. The molecule has 0 radical (unpaired) electrons. The van der Waals surface area contributed by atoms with Crippen LogP contribution in [0.2, 0.25) is 18.6 Å². The highest BCUT2D eigenvalue weighted by atomic mass is 28.4. The Labute approximate surface area is 62.7 Å². The van der Waals surface area contributed by atoms with Gasteiger partial charge in [0.05, 0.1) is 0 Å². The van der Waals surface area contributed by atoms with E-state index in [1.807, 2.05) is 6.92 Å². The predicted octanol–water partition coefficient (Wildman–Crippen LogP) is 1.92. The summed E-state index contributed by atoms with van der Waals surface area (Å²) in [6, 6.07) is 2.36. The Balaban J connectivity index is 2.29. The van der Waals surface area contributed by atoms with Crippen LogP contribution in [0.15, 0.2) is 0 Å². The van der Waals surface area contributed by atoms with Crippen LogP contribution in [0.4, 0.5) is 0 Å². The lowest BCUT2D eigenvalue weighted by atomic mass is 10.5. The van der Waals surface area contributed by atoms with Crippen molar-refractivity contribution in [2.24, 2.45) is 0 Å². The second-order valence-electron chi connectivity index (χ2n) is 3.13. The van der Waals surface area contributed by atoms with Crippen LogP contribution in [0.3, 0.4) is 0 Å². The third kappa shape index (κ3) is 1.59. The highest BCUT2D eigenvalue weighted by Crippen LogP contribution is 2.33. The molecule has 0 spiro atoms. The summed E-state index contributed by atoms with van der Waals surface area (Å²) in [5, 5.41) is 0. The summed E-state index contributed by atoms with van der Waals surface area (Å²) in [5.41, 5.74) is 0. The van der Waals surface area contributed by atoms with Crippen molar-refractivity contribution in [3.8, 4) is 0 Å². The van der Waals surface area contributed by atoms with Crippen LogP contribution in [0.5, 0.6) is 0 Å². The summed E-state index contributed by atoms with van der Waals surface area (Å²) in [6.07, 6.45) is 1.79. The van der Waals surface area contributed by atoms with Gasteiger partial charge in [0.2, 0.25) is 0 Å². The average molecular weight is 158 g/mol. The number of carbonyl (C=O) groups excluding carboxylic acids is 1. The minimum Gasteiger partial charge on any atom is -0.519 e. The molecule has 1 aliphatic heterocycles. The van der Waals surface area contributed by atoms with Crippen molar-refractivity contribution in [3.63, 3.8) is 0 Å². The number of hydrogen-bond acceptors (Lipinski definition) is 2. The fraction of sp³-hybridized carbons (Fsp3) is 0.857. The average Bonchev–Trinajstić information content (AvgIpc) is 1.84. The van der Waals surface area contributed by atoms with Crippen molar-refractivity contribution < 1.29 is 9.22 Å². The maximum Gasteiger partial charge on any atom is 0.292 e. The Kier molecular flexibility index (Phi) is 2.13. The van der Waals surface area contributed by atoms with Crippen LogP contribution in [0.25, 0.3) is 0 Å². The quantitative estimate of drug-likeness (QED) is 0.574. The second kappa shape index (κ2) is 2.74. The molecule has 0 N–H and O–H groups in total. The Morgan fingerprint density at radius 2 is 2.20 bits per heavy atom. The van der Waals surface area contributed by atoms with Gasteiger partial charge in [-0.15, -0.1) is 0 Å². The summed E-state index contributed by atoms with van der Waals surface area (Å²) in [7, 11) is -1.43. The maximum absolute atomic E-state index is 10.8. The molecule has 1 rings (SSSR count). The molecular weight excluding hydrogens is 144 g/mol. The summed E-state index contributed by atoms with van der Waals surface area (Å²) < 4.78 is 5.32. The number of carbonyl (C=O) groups is 1. The lowest BCUT2D eigenvalue weighted by molar-refractivity contribution is -0.135. The van der Waals surface area contributed by atoms with E-state index < -0.39 is 8.32 Å². The van der Waals surface area contributed by atoms with E-state index in [-0.39, 0.29) is 5.97 Å². The molecule has 1 saturated heterocycles. The summed E-state index contributed by atoms with van der Waals surface area (Å²) in [5.74, 6) is -0.00568. The summed E-state index contributed by atoms with van der Waals surface area (Å²) >= 11 is 0. The Morgan fingerprint density at radius 3 is 2.50 bits per heavy atom. The molecule has 10 heavy (non-hydrogen) atoms. The molecule has 0 amide bonds. The largest absolute Gasteiger partial charge is 0.519 e. The Bertz CT molecular complexity index is 141. The number of rotatable bonds is 2. The molecule has 0 unspecified atom stereocenters. The summed E-state index contributed by atoms with van der Waals surface area (Å²) in [6.45, 7) is 3.99. The van der Waals surface area contributed by atoms with Gasteiger partial charge in [0.15, 0.2) is 0 Å². The minimum atomic E-state index is -1.43. The Hall–Kier alpha value is -0.313. The van der Waals surface area contributed by atoms with Gasteiger partial charge in [0.25, 0.3) is 14.3 Å². The zero-order valence-electron chi connectivity index (χ0n) is 6.64. The van der Waals surface area contributed by atoms with Crippen molar-refractivity contribution in [1.82, 2.24) is 0 Å². The lowest BCUT2D eigenvalue weighted by Crippen LogP contribution is -2.43. The van der Waals surface area contributed by atoms with Gasteiger partial charge in [-0.2, -0.15) is 0 Å². The van der Waals surface area contributed by atoms with Gasteiger partial charge >= 0.3 is 0 Å². The van der Waals surface area contributed by atoms with Gasteiger partial charge in [0, 0.05) is 6.42 Å². The first-order chi connectivity index (χ1) is 4.66. The lowest BCUT2D eigenvalue weighted by Gasteiger charge is -2.34. The first-order valence-electron chi connectivity index (χ1n) is 3.88. The maximum atomic E-state index is 10.8. The predicted molar refractivity (Wildman–Crippen MR) is 42.2 cm³/mol. The van der Waals surface area contributed by atoms with Gasteiger partial charge in [-0.3, -0.25) is 4.79 Å². The SMILES string of the molecule is CCC(=O)O[Si]1(C)CCC1. The monoisotopic (exact) mass is 158 g/mol. The van der Waals surface area contributed by atoms with Gasteiger partial charge < -0.3 is 4.43 Å². The zero-order valence-corrected chi connectivity index (χ0v) is 7.64. The smallest absolute Gasteiger partial charge is 0.292 e. The third-order valence-electron chi connectivity index (χ3n) is 2.06. The molecule has 0 aromatic carbocycles. The van der Waals surface area contributed by atoms with Crippen LogP contribution in [0, 0.1) is 0 Å². The van der Waals surface area contributed by atoms with Gasteiger partial charge in [-0.05, 0) is 18.6 Å². The highest BCUT2D eigenvalue weighted by molar-refractivity contribution is 6.76. The minimum absolute atomic E-state index is 0.00568. The van der Waals surface area contributed by atoms with E-state index in [2.05, 4.69) is 6.55 Å². The van der Waals surface area contributed by atoms with Crippen molar-refractivity contribution in [1.29, 1.82) is 0 Å². The van der Waals surface area contributed by atoms with E-state index in [1.165, 1.54) is 18.5 Å². The van der Waals surface area contributed by atoms with E-state index in [4.69, 9.17) is 4.43 Å². The molecule has 1 aliphatic rings. The van der Waals surface area contributed by atoms with Crippen LogP contribution < -0.4 is 0 Å². The van der Waals surface area contributed by atoms with Crippen LogP contribution in [0.1, 0.15) is 19.8 Å². The van der Waals surface area contributed by atoms with Gasteiger partial charge in [-0.25, -0.2) is 0 Å². The van der Waals surface area contributed by atoms with E-state index in [0.29, 0.717) is 6.42 Å². The molecule has 0 aromatic heterocycles. The fourth-order valence-electron chi connectivity index (χ4n) is 1.12. The Morgan fingerprint density at radius 1 is 1.60 bits per heavy atom. The molecular formula is C7H14O2Si. The molecule has 0 atom stereocenters. The van der Waals surface area contributed by atoms with E-state index in [0.717, 1.165) is 0 Å².